The van der Waals surface area contributed by atoms with Crippen molar-refractivity contribution in [1.29, 1.82) is 0 Å². The largest absolute Gasteiger partial charge is 0.366 e. The van der Waals surface area contributed by atoms with Crippen LogP contribution < -0.4 is 10.6 Å². The molecule has 2 rings (SSSR count). The molecular formula is C13H22N4. The second-order valence-electron chi connectivity index (χ2n) is 4.73. The molecule has 2 N–H and O–H groups in total. The number of piperidine rings is 1. The molecule has 4 nitrogen and oxygen atoms in total. The Labute approximate surface area is 103 Å². The molecule has 0 saturated carbocycles. The third-order valence-electron chi connectivity index (χ3n) is 3.05. The average Bonchev–Trinajstić information content (AvgIpc) is 2.30. The molecule has 4 heteroatoms. The Morgan fingerprint density at radius 2 is 2.35 bits per heavy atom. The third kappa shape index (κ3) is 3.66. The maximum atomic E-state index is 4.46. The van der Waals surface area contributed by atoms with E-state index in [1.165, 1.54) is 12.8 Å². The number of hydrogen-bond donors (Lipinski definition) is 2. The number of aromatic nitrogens is 2. The Kier molecular flexibility index (Phi) is 4.31. The van der Waals surface area contributed by atoms with Crippen LogP contribution in [0.2, 0.25) is 0 Å². The van der Waals surface area contributed by atoms with Crippen LogP contribution in [-0.2, 0) is 6.42 Å². The molecule has 1 fully saturated rings. The number of hydrogen-bond acceptors (Lipinski definition) is 4. The number of rotatable bonds is 4. The lowest BCUT2D eigenvalue weighted by Crippen LogP contribution is -2.38. The summed E-state index contributed by atoms with van der Waals surface area (Å²) in [5, 5.41) is 6.91. The van der Waals surface area contributed by atoms with Crippen LogP contribution in [0.25, 0.3) is 0 Å². The van der Waals surface area contributed by atoms with Crippen LogP contribution in [0.3, 0.4) is 0 Å². The minimum Gasteiger partial charge on any atom is -0.366 e. The third-order valence-corrected chi connectivity index (χ3v) is 3.05. The molecule has 1 atom stereocenters. The average molecular weight is 234 g/mol. The number of nitrogens with zero attached hydrogens (tertiary/aromatic N) is 2. The highest BCUT2D eigenvalue weighted by molar-refractivity contribution is 5.37. The van der Waals surface area contributed by atoms with Gasteiger partial charge in [0.2, 0.25) is 0 Å². The Bertz CT molecular complexity index is 358. The molecule has 0 radical (unpaired) electrons. The molecule has 1 aliphatic heterocycles. The van der Waals surface area contributed by atoms with E-state index in [9.17, 15) is 0 Å². The highest BCUT2D eigenvalue weighted by Crippen LogP contribution is 2.12. The Hall–Kier alpha value is -1.16. The minimum atomic E-state index is 0.507. The van der Waals surface area contributed by atoms with Gasteiger partial charge in [0.1, 0.15) is 11.6 Å². The van der Waals surface area contributed by atoms with Crippen molar-refractivity contribution < 1.29 is 0 Å². The molecule has 0 spiro atoms. The molecule has 0 aromatic carbocycles. The predicted octanol–water partition coefficient (Wildman–Crippen LogP) is 1.90. The fourth-order valence-corrected chi connectivity index (χ4v) is 2.27. The second-order valence-corrected chi connectivity index (χ2v) is 4.73. The van der Waals surface area contributed by atoms with Crippen LogP contribution in [0.15, 0.2) is 6.07 Å². The highest BCUT2D eigenvalue weighted by atomic mass is 15.1. The number of aryl methyl sites for hydroxylation is 2. The Morgan fingerprint density at radius 3 is 3.06 bits per heavy atom. The Balaban J connectivity index is 2.03. The van der Waals surface area contributed by atoms with E-state index in [0.29, 0.717) is 6.04 Å². The lowest BCUT2D eigenvalue weighted by Gasteiger charge is -2.24. The summed E-state index contributed by atoms with van der Waals surface area (Å²) >= 11 is 0. The molecule has 0 bridgehead atoms. The summed E-state index contributed by atoms with van der Waals surface area (Å²) in [6.45, 7) is 6.31. The van der Waals surface area contributed by atoms with Crippen molar-refractivity contribution in [3.05, 3.63) is 17.6 Å². The highest BCUT2D eigenvalue weighted by Gasteiger charge is 2.13. The first-order valence-corrected chi connectivity index (χ1v) is 6.59. The SMILES string of the molecule is CCCc1cc(NC2CCCNC2)nc(C)n1. The molecule has 17 heavy (non-hydrogen) atoms. The molecule has 1 aromatic rings. The van der Waals surface area contributed by atoms with Crippen LogP contribution >= 0.6 is 0 Å². The summed E-state index contributed by atoms with van der Waals surface area (Å²) in [4.78, 5) is 8.91. The van der Waals surface area contributed by atoms with E-state index in [1.807, 2.05) is 6.92 Å². The molecular weight excluding hydrogens is 212 g/mol. The summed E-state index contributed by atoms with van der Waals surface area (Å²) in [6, 6.07) is 2.60. The first-order valence-electron chi connectivity index (χ1n) is 6.59. The molecule has 1 saturated heterocycles. The van der Waals surface area contributed by atoms with Crippen molar-refractivity contribution in [1.82, 2.24) is 15.3 Å². The standard InChI is InChI=1S/C13H22N4/c1-3-5-11-8-13(16-10(2)15-11)17-12-6-4-7-14-9-12/h8,12,14H,3-7,9H2,1-2H3,(H,15,16,17). The van der Waals surface area contributed by atoms with Crippen molar-refractivity contribution >= 4 is 5.82 Å². The van der Waals surface area contributed by atoms with E-state index in [-0.39, 0.29) is 0 Å². The van der Waals surface area contributed by atoms with Gasteiger partial charge < -0.3 is 10.6 Å². The molecule has 1 unspecified atom stereocenters. The van der Waals surface area contributed by atoms with E-state index in [4.69, 9.17) is 0 Å². The van der Waals surface area contributed by atoms with Crippen molar-refractivity contribution in [3.8, 4) is 0 Å². The lowest BCUT2D eigenvalue weighted by molar-refractivity contribution is 0.479. The quantitative estimate of drug-likeness (QED) is 0.835. The van der Waals surface area contributed by atoms with E-state index >= 15 is 0 Å². The lowest BCUT2D eigenvalue weighted by atomic mass is 10.1. The van der Waals surface area contributed by atoms with Crippen molar-refractivity contribution in [3.63, 3.8) is 0 Å². The van der Waals surface area contributed by atoms with E-state index in [2.05, 4.69) is 33.6 Å². The van der Waals surface area contributed by atoms with Gasteiger partial charge >= 0.3 is 0 Å². The van der Waals surface area contributed by atoms with E-state index in [1.54, 1.807) is 0 Å². The fraction of sp³-hybridized carbons (Fsp3) is 0.692. The smallest absolute Gasteiger partial charge is 0.130 e. The van der Waals surface area contributed by atoms with Gasteiger partial charge in [0, 0.05) is 24.3 Å². The van der Waals surface area contributed by atoms with Crippen LogP contribution in [0.1, 0.15) is 37.7 Å². The molecule has 0 aliphatic carbocycles. The van der Waals surface area contributed by atoms with Gasteiger partial charge in [-0.15, -0.1) is 0 Å². The van der Waals surface area contributed by atoms with Gasteiger partial charge in [-0.05, 0) is 32.7 Å². The first kappa shape index (κ1) is 12.3. The van der Waals surface area contributed by atoms with Crippen LogP contribution in [0.4, 0.5) is 5.82 Å². The molecule has 0 amide bonds. The predicted molar refractivity (Wildman–Crippen MR) is 70.3 cm³/mol. The zero-order valence-corrected chi connectivity index (χ0v) is 10.8. The van der Waals surface area contributed by atoms with Crippen LogP contribution in [0.5, 0.6) is 0 Å². The summed E-state index contributed by atoms with van der Waals surface area (Å²) < 4.78 is 0. The molecule has 2 heterocycles. The topological polar surface area (TPSA) is 49.8 Å². The van der Waals surface area contributed by atoms with E-state index < -0.39 is 0 Å². The maximum Gasteiger partial charge on any atom is 0.130 e. The van der Waals surface area contributed by atoms with Crippen LogP contribution in [-0.4, -0.2) is 29.1 Å². The summed E-state index contributed by atoms with van der Waals surface area (Å²) in [7, 11) is 0. The zero-order valence-electron chi connectivity index (χ0n) is 10.8. The van der Waals surface area contributed by atoms with Crippen molar-refractivity contribution in [2.24, 2.45) is 0 Å². The van der Waals surface area contributed by atoms with Gasteiger partial charge in [0.25, 0.3) is 0 Å². The summed E-state index contributed by atoms with van der Waals surface area (Å²) in [6.07, 6.45) is 4.62. The van der Waals surface area contributed by atoms with Gasteiger partial charge in [0.15, 0.2) is 0 Å². The number of anilines is 1. The van der Waals surface area contributed by atoms with Gasteiger partial charge in [-0.1, -0.05) is 13.3 Å². The monoisotopic (exact) mass is 234 g/mol. The first-order chi connectivity index (χ1) is 8.28. The van der Waals surface area contributed by atoms with E-state index in [0.717, 1.165) is 43.3 Å². The van der Waals surface area contributed by atoms with Gasteiger partial charge in [0.05, 0.1) is 0 Å². The second kappa shape index (κ2) is 5.96. The molecule has 94 valence electrons. The fourth-order valence-electron chi connectivity index (χ4n) is 2.27. The Morgan fingerprint density at radius 1 is 1.47 bits per heavy atom. The maximum absolute atomic E-state index is 4.46. The van der Waals surface area contributed by atoms with Gasteiger partial charge in [-0.3, -0.25) is 0 Å². The van der Waals surface area contributed by atoms with Crippen molar-refractivity contribution in [2.45, 2.75) is 45.6 Å². The molecule has 1 aliphatic rings. The zero-order chi connectivity index (χ0) is 12.1. The van der Waals surface area contributed by atoms with Crippen LogP contribution in [0, 0.1) is 6.92 Å². The summed E-state index contributed by atoms with van der Waals surface area (Å²) in [5.74, 6) is 1.84. The van der Waals surface area contributed by atoms with Crippen molar-refractivity contribution in [2.75, 3.05) is 18.4 Å². The number of nitrogens with one attached hydrogen (secondary N) is 2. The summed E-state index contributed by atoms with van der Waals surface area (Å²) in [5.41, 5.74) is 1.14. The van der Waals surface area contributed by atoms with Gasteiger partial charge in [-0.2, -0.15) is 0 Å². The van der Waals surface area contributed by atoms with Gasteiger partial charge in [-0.25, -0.2) is 9.97 Å². The molecule has 1 aromatic heterocycles. The normalized spacial score (nSPS) is 20.2. The minimum absolute atomic E-state index is 0.507.